The van der Waals surface area contributed by atoms with Crippen LogP contribution in [0.3, 0.4) is 0 Å². The molecule has 6 nitrogen and oxygen atoms in total. The Morgan fingerprint density at radius 2 is 1.90 bits per heavy atom. The van der Waals surface area contributed by atoms with Crippen LogP contribution in [0.15, 0.2) is 35.7 Å². The van der Waals surface area contributed by atoms with E-state index in [0.29, 0.717) is 0 Å². The number of amides is 1. The van der Waals surface area contributed by atoms with Crippen molar-refractivity contribution < 1.29 is 9.53 Å². The molecule has 1 fully saturated rings. The molecule has 1 N–H and O–H groups in total. The van der Waals surface area contributed by atoms with Crippen molar-refractivity contribution in [3.63, 3.8) is 0 Å². The standard InChI is InChI=1S/C22H32N4O2S/c1-22(2,3)28-21(27)26-14-12-25(13-15-26)11-7-10-23-16-19-17-29-20(24-19)18-8-5-4-6-9-18/h4-6,8-9,17,23H,7,10-16H2,1-3H3. The van der Waals surface area contributed by atoms with E-state index in [9.17, 15) is 4.79 Å². The highest BCUT2D eigenvalue weighted by molar-refractivity contribution is 7.13. The third kappa shape index (κ3) is 7.10. The topological polar surface area (TPSA) is 57.7 Å². The van der Waals surface area contributed by atoms with Crippen molar-refractivity contribution in [3.8, 4) is 10.6 Å². The fraction of sp³-hybridized carbons (Fsp3) is 0.545. The molecule has 2 aromatic rings. The molecule has 1 aromatic heterocycles. The van der Waals surface area contributed by atoms with Crippen molar-refractivity contribution in [1.29, 1.82) is 0 Å². The molecule has 29 heavy (non-hydrogen) atoms. The smallest absolute Gasteiger partial charge is 0.410 e. The Morgan fingerprint density at radius 3 is 2.59 bits per heavy atom. The number of benzene rings is 1. The average Bonchev–Trinajstić information content (AvgIpc) is 3.16. The van der Waals surface area contributed by atoms with Crippen molar-refractivity contribution in [1.82, 2.24) is 20.1 Å². The Labute approximate surface area is 177 Å². The first-order chi connectivity index (χ1) is 13.9. The predicted molar refractivity (Wildman–Crippen MR) is 118 cm³/mol. The third-order valence-electron chi connectivity index (χ3n) is 4.73. The van der Waals surface area contributed by atoms with Gasteiger partial charge >= 0.3 is 6.09 Å². The van der Waals surface area contributed by atoms with Crippen LogP contribution in [0, 0.1) is 0 Å². The molecule has 1 aliphatic rings. The van der Waals surface area contributed by atoms with Gasteiger partial charge in [-0.3, -0.25) is 4.90 Å². The number of aromatic nitrogens is 1. The molecule has 1 saturated heterocycles. The summed E-state index contributed by atoms with van der Waals surface area (Å²) in [5.74, 6) is 0. The molecule has 0 saturated carbocycles. The SMILES string of the molecule is CC(C)(C)OC(=O)N1CCN(CCCNCc2csc(-c3ccccc3)n2)CC1. The van der Waals surface area contributed by atoms with Gasteiger partial charge in [0, 0.05) is 43.7 Å². The molecule has 1 aliphatic heterocycles. The summed E-state index contributed by atoms with van der Waals surface area (Å²) in [6, 6.07) is 10.3. The van der Waals surface area contributed by atoms with Crippen LogP contribution in [0.2, 0.25) is 0 Å². The molecule has 1 amide bonds. The summed E-state index contributed by atoms with van der Waals surface area (Å²) in [6.45, 7) is 11.8. The molecule has 3 rings (SSSR count). The van der Waals surface area contributed by atoms with E-state index >= 15 is 0 Å². The van der Waals surface area contributed by atoms with Crippen molar-refractivity contribution in [2.45, 2.75) is 39.3 Å². The number of nitrogens with one attached hydrogen (secondary N) is 1. The molecular weight excluding hydrogens is 384 g/mol. The summed E-state index contributed by atoms with van der Waals surface area (Å²) >= 11 is 1.69. The normalized spacial score (nSPS) is 15.5. The number of thiazole rings is 1. The number of piperazine rings is 1. The summed E-state index contributed by atoms with van der Waals surface area (Å²) in [6.07, 6.45) is 0.888. The summed E-state index contributed by atoms with van der Waals surface area (Å²) in [4.78, 5) is 21.1. The quantitative estimate of drug-likeness (QED) is 0.695. The zero-order valence-corrected chi connectivity index (χ0v) is 18.5. The van der Waals surface area contributed by atoms with Crippen molar-refractivity contribution in [2.24, 2.45) is 0 Å². The Kier molecular flexibility index (Phi) is 7.64. The number of rotatable bonds is 7. The Balaban J connectivity index is 1.29. The first-order valence-electron chi connectivity index (χ1n) is 10.3. The number of carbonyl (C=O) groups excluding carboxylic acids is 1. The average molecular weight is 417 g/mol. The van der Waals surface area contributed by atoms with E-state index in [-0.39, 0.29) is 6.09 Å². The zero-order chi connectivity index (χ0) is 20.7. The lowest BCUT2D eigenvalue weighted by Crippen LogP contribution is -2.50. The van der Waals surface area contributed by atoms with Crippen LogP contribution in [0.25, 0.3) is 10.6 Å². The first-order valence-corrected chi connectivity index (χ1v) is 11.2. The molecule has 0 aliphatic carbocycles. The van der Waals surface area contributed by atoms with Crippen LogP contribution in [0.5, 0.6) is 0 Å². The minimum Gasteiger partial charge on any atom is -0.444 e. The van der Waals surface area contributed by atoms with Crippen LogP contribution >= 0.6 is 11.3 Å². The molecule has 0 bridgehead atoms. The van der Waals surface area contributed by atoms with Crippen molar-refractivity contribution in [3.05, 3.63) is 41.4 Å². The zero-order valence-electron chi connectivity index (χ0n) is 17.7. The second-order valence-corrected chi connectivity index (χ2v) is 9.21. The van der Waals surface area contributed by atoms with Crippen LogP contribution in [-0.4, -0.2) is 65.7 Å². The van der Waals surface area contributed by atoms with Gasteiger partial charge in [0.2, 0.25) is 0 Å². The fourth-order valence-corrected chi connectivity index (χ4v) is 4.05. The summed E-state index contributed by atoms with van der Waals surface area (Å²) < 4.78 is 5.45. The number of carbonyl (C=O) groups is 1. The van der Waals surface area contributed by atoms with Gasteiger partial charge in [0.05, 0.1) is 5.69 Å². The maximum absolute atomic E-state index is 12.1. The predicted octanol–water partition coefficient (Wildman–Crippen LogP) is 3.84. The number of hydrogen-bond donors (Lipinski definition) is 1. The van der Waals surface area contributed by atoms with Gasteiger partial charge in [-0.1, -0.05) is 30.3 Å². The summed E-state index contributed by atoms with van der Waals surface area (Å²) in [5, 5.41) is 6.70. The maximum Gasteiger partial charge on any atom is 0.410 e. The van der Waals surface area contributed by atoms with Crippen LogP contribution in [0.4, 0.5) is 4.79 Å². The first kappa shape index (κ1) is 21.7. The van der Waals surface area contributed by atoms with Gasteiger partial charge in [0.25, 0.3) is 0 Å². The molecule has 0 unspecified atom stereocenters. The van der Waals surface area contributed by atoms with E-state index < -0.39 is 5.60 Å². The van der Waals surface area contributed by atoms with E-state index in [1.54, 1.807) is 11.3 Å². The molecule has 7 heteroatoms. The molecule has 0 spiro atoms. The molecule has 2 heterocycles. The van der Waals surface area contributed by atoms with Gasteiger partial charge < -0.3 is 15.0 Å². The fourth-order valence-electron chi connectivity index (χ4n) is 3.23. The Bertz CT molecular complexity index is 765. The van der Waals surface area contributed by atoms with Gasteiger partial charge in [-0.05, 0) is 40.3 Å². The largest absolute Gasteiger partial charge is 0.444 e. The Hall–Kier alpha value is -1.96. The van der Waals surface area contributed by atoms with E-state index in [4.69, 9.17) is 9.72 Å². The van der Waals surface area contributed by atoms with E-state index in [1.807, 2.05) is 43.9 Å². The van der Waals surface area contributed by atoms with Gasteiger partial charge in [-0.15, -0.1) is 11.3 Å². The van der Waals surface area contributed by atoms with Gasteiger partial charge in [-0.25, -0.2) is 9.78 Å². The number of hydrogen-bond acceptors (Lipinski definition) is 6. The molecule has 1 aromatic carbocycles. The summed E-state index contributed by atoms with van der Waals surface area (Å²) in [5.41, 5.74) is 1.84. The van der Waals surface area contributed by atoms with E-state index in [1.165, 1.54) is 5.56 Å². The molecule has 158 valence electrons. The maximum atomic E-state index is 12.1. The Morgan fingerprint density at radius 1 is 1.17 bits per heavy atom. The molecular formula is C22H32N4O2S. The van der Waals surface area contributed by atoms with Gasteiger partial charge in [-0.2, -0.15) is 0 Å². The van der Waals surface area contributed by atoms with Crippen molar-refractivity contribution >= 4 is 17.4 Å². The monoisotopic (exact) mass is 416 g/mol. The van der Waals surface area contributed by atoms with Crippen LogP contribution < -0.4 is 5.32 Å². The number of ether oxygens (including phenoxy) is 1. The minimum atomic E-state index is -0.431. The van der Waals surface area contributed by atoms with Gasteiger partial charge in [0.15, 0.2) is 0 Å². The second-order valence-electron chi connectivity index (χ2n) is 8.35. The third-order valence-corrected chi connectivity index (χ3v) is 5.67. The molecule has 0 atom stereocenters. The van der Waals surface area contributed by atoms with Crippen LogP contribution in [0.1, 0.15) is 32.9 Å². The highest BCUT2D eigenvalue weighted by Gasteiger charge is 2.25. The minimum absolute atomic E-state index is 0.197. The van der Waals surface area contributed by atoms with E-state index in [0.717, 1.165) is 62.9 Å². The van der Waals surface area contributed by atoms with Crippen LogP contribution in [-0.2, 0) is 11.3 Å². The van der Waals surface area contributed by atoms with E-state index in [2.05, 4.69) is 27.7 Å². The highest BCUT2D eigenvalue weighted by Crippen LogP contribution is 2.23. The summed E-state index contributed by atoms with van der Waals surface area (Å²) in [7, 11) is 0. The second kappa shape index (κ2) is 10.2. The highest BCUT2D eigenvalue weighted by atomic mass is 32.1. The molecule has 0 radical (unpaired) electrons. The lowest BCUT2D eigenvalue weighted by atomic mass is 10.2. The lowest BCUT2D eigenvalue weighted by molar-refractivity contribution is 0.0144. The number of nitrogens with zero attached hydrogens (tertiary/aromatic N) is 3. The van der Waals surface area contributed by atoms with Crippen molar-refractivity contribution in [2.75, 3.05) is 39.3 Å². The lowest BCUT2D eigenvalue weighted by Gasteiger charge is -2.35. The van der Waals surface area contributed by atoms with Gasteiger partial charge in [0.1, 0.15) is 10.6 Å².